The highest BCUT2D eigenvalue weighted by Gasteiger charge is 2.39. The van der Waals surface area contributed by atoms with Crippen molar-refractivity contribution in [3.8, 4) is 0 Å². The Morgan fingerprint density at radius 2 is 1.90 bits per heavy atom. The third-order valence-corrected chi connectivity index (χ3v) is 2.68. The van der Waals surface area contributed by atoms with E-state index in [1.807, 2.05) is 0 Å². The van der Waals surface area contributed by atoms with Crippen molar-refractivity contribution >= 4 is 0 Å². The summed E-state index contributed by atoms with van der Waals surface area (Å²) in [6.45, 7) is 6.94. The summed E-state index contributed by atoms with van der Waals surface area (Å²) in [5.41, 5.74) is 0. The van der Waals surface area contributed by atoms with E-state index in [1.54, 1.807) is 0 Å². The third kappa shape index (κ3) is 1.51. The van der Waals surface area contributed by atoms with Gasteiger partial charge in [-0.1, -0.05) is 20.8 Å². The zero-order valence-electron chi connectivity index (χ0n) is 7.52. The fourth-order valence-electron chi connectivity index (χ4n) is 1.89. The first-order chi connectivity index (χ1) is 4.66. The van der Waals surface area contributed by atoms with Gasteiger partial charge in [-0.25, -0.2) is 0 Å². The molecule has 0 heterocycles. The Kier molecular flexibility index (Phi) is 2.35. The summed E-state index contributed by atoms with van der Waals surface area (Å²) in [4.78, 5) is 0. The zero-order valence-corrected chi connectivity index (χ0v) is 7.52. The van der Waals surface area contributed by atoms with E-state index < -0.39 is 0 Å². The summed E-state index contributed by atoms with van der Waals surface area (Å²) < 4.78 is 0. The molecular formula is C9H19N. The average molecular weight is 141 g/mol. The van der Waals surface area contributed by atoms with Gasteiger partial charge in [0.1, 0.15) is 0 Å². The van der Waals surface area contributed by atoms with Gasteiger partial charge in [-0.2, -0.15) is 0 Å². The summed E-state index contributed by atoms with van der Waals surface area (Å²) in [7, 11) is 2.08. The fraction of sp³-hybridized carbons (Fsp3) is 1.00. The maximum Gasteiger partial charge on any atom is 0.0118 e. The molecule has 1 aliphatic rings. The quantitative estimate of drug-likeness (QED) is 0.633. The molecule has 1 saturated carbocycles. The van der Waals surface area contributed by atoms with E-state index >= 15 is 0 Å². The largest absolute Gasteiger partial charge is 0.316 e. The van der Waals surface area contributed by atoms with Crippen molar-refractivity contribution in [3.63, 3.8) is 0 Å². The molecule has 1 heteroatoms. The summed E-state index contributed by atoms with van der Waals surface area (Å²) >= 11 is 0. The van der Waals surface area contributed by atoms with Gasteiger partial charge < -0.3 is 5.32 Å². The average Bonchev–Trinajstić information content (AvgIpc) is 2.48. The smallest absolute Gasteiger partial charge is 0.0118 e. The van der Waals surface area contributed by atoms with Gasteiger partial charge in [0.2, 0.25) is 0 Å². The van der Waals surface area contributed by atoms with Crippen LogP contribution in [0.4, 0.5) is 0 Å². The van der Waals surface area contributed by atoms with E-state index in [-0.39, 0.29) is 0 Å². The van der Waals surface area contributed by atoms with E-state index in [0.29, 0.717) is 0 Å². The van der Waals surface area contributed by atoms with Gasteiger partial charge in [-0.05, 0) is 31.2 Å². The molecule has 0 bridgehead atoms. The lowest BCUT2D eigenvalue weighted by Gasteiger charge is -2.19. The van der Waals surface area contributed by atoms with Gasteiger partial charge in [0.15, 0.2) is 0 Å². The van der Waals surface area contributed by atoms with Crippen LogP contribution in [-0.4, -0.2) is 13.1 Å². The first-order valence-corrected chi connectivity index (χ1v) is 4.34. The van der Waals surface area contributed by atoms with Gasteiger partial charge >= 0.3 is 0 Å². The number of hydrogen-bond donors (Lipinski definition) is 1. The molecular weight excluding hydrogens is 122 g/mol. The Hall–Kier alpha value is -0.0400. The van der Waals surface area contributed by atoms with Crippen molar-refractivity contribution in [1.29, 1.82) is 0 Å². The second kappa shape index (κ2) is 2.91. The molecule has 1 N–H and O–H groups in total. The second-order valence-electron chi connectivity index (χ2n) is 3.94. The van der Waals surface area contributed by atoms with E-state index in [9.17, 15) is 0 Å². The van der Waals surface area contributed by atoms with Gasteiger partial charge in [0.05, 0.1) is 0 Å². The first-order valence-electron chi connectivity index (χ1n) is 4.34. The van der Waals surface area contributed by atoms with Gasteiger partial charge in [-0.3, -0.25) is 0 Å². The van der Waals surface area contributed by atoms with Crippen molar-refractivity contribution in [2.24, 2.45) is 17.8 Å². The molecule has 0 aromatic heterocycles. The normalized spacial score (nSPS) is 34.5. The van der Waals surface area contributed by atoms with Gasteiger partial charge in [0, 0.05) is 6.04 Å². The molecule has 1 aliphatic carbocycles. The SMILES string of the molecule is CNC(C(C)C)C1CC1C. The molecule has 10 heavy (non-hydrogen) atoms. The van der Waals surface area contributed by atoms with Crippen LogP contribution in [0.3, 0.4) is 0 Å². The Morgan fingerprint density at radius 1 is 1.40 bits per heavy atom. The lowest BCUT2D eigenvalue weighted by molar-refractivity contribution is 0.373. The maximum absolute atomic E-state index is 3.39. The van der Waals surface area contributed by atoms with E-state index in [0.717, 1.165) is 23.8 Å². The Bertz CT molecular complexity index is 109. The van der Waals surface area contributed by atoms with Crippen LogP contribution in [0.15, 0.2) is 0 Å². The van der Waals surface area contributed by atoms with Crippen molar-refractivity contribution in [1.82, 2.24) is 5.32 Å². The van der Waals surface area contributed by atoms with Crippen LogP contribution in [-0.2, 0) is 0 Å². The zero-order chi connectivity index (χ0) is 7.72. The van der Waals surface area contributed by atoms with Crippen molar-refractivity contribution in [3.05, 3.63) is 0 Å². The molecule has 0 amide bonds. The van der Waals surface area contributed by atoms with E-state index in [1.165, 1.54) is 6.42 Å². The monoisotopic (exact) mass is 141 g/mol. The van der Waals surface area contributed by atoms with Crippen molar-refractivity contribution in [2.75, 3.05) is 7.05 Å². The number of rotatable bonds is 3. The van der Waals surface area contributed by atoms with Crippen LogP contribution in [0.25, 0.3) is 0 Å². The molecule has 1 nitrogen and oxygen atoms in total. The lowest BCUT2D eigenvalue weighted by atomic mass is 9.99. The summed E-state index contributed by atoms with van der Waals surface area (Å²) in [5, 5.41) is 3.39. The molecule has 0 aliphatic heterocycles. The summed E-state index contributed by atoms with van der Waals surface area (Å²) in [6.07, 6.45) is 1.43. The van der Waals surface area contributed by atoms with Crippen LogP contribution in [0.2, 0.25) is 0 Å². The standard InChI is InChI=1S/C9H19N/c1-6(2)9(10-4)8-5-7(8)3/h6-10H,5H2,1-4H3. The summed E-state index contributed by atoms with van der Waals surface area (Å²) in [5.74, 6) is 2.73. The van der Waals surface area contributed by atoms with Crippen LogP contribution in [0.1, 0.15) is 27.2 Å². The maximum atomic E-state index is 3.39. The van der Waals surface area contributed by atoms with Crippen molar-refractivity contribution < 1.29 is 0 Å². The number of nitrogens with one attached hydrogen (secondary N) is 1. The van der Waals surface area contributed by atoms with Crippen LogP contribution in [0, 0.1) is 17.8 Å². The van der Waals surface area contributed by atoms with Crippen LogP contribution in [0.5, 0.6) is 0 Å². The van der Waals surface area contributed by atoms with E-state index in [4.69, 9.17) is 0 Å². The van der Waals surface area contributed by atoms with Crippen LogP contribution < -0.4 is 5.32 Å². The van der Waals surface area contributed by atoms with E-state index in [2.05, 4.69) is 33.1 Å². The number of hydrogen-bond acceptors (Lipinski definition) is 1. The lowest BCUT2D eigenvalue weighted by Crippen LogP contribution is -2.33. The predicted molar refractivity (Wildman–Crippen MR) is 45.0 cm³/mol. The predicted octanol–water partition coefficient (Wildman–Crippen LogP) is 1.89. The van der Waals surface area contributed by atoms with Gasteiger partial charge in [-0.15, -0.1) is 0 Å². The molecule has 0 aromatic rings. The Morgan fingerprint density at radius 3 is 2.00 bits per heavy atom. The molecule has 0 spiro atoms. The minimum atomic E-state index is 0.759. The molecule has 0 radical (unpaired) electrons. The Balaban J connectivity index is 2.34. The summed E-state index contributed by atoms with van der Waals surface area (Å²) in [6, 6.07) is 0.759. The highest BCUT2D eigenvalue weighted by atomic mass is 14.9. The molecule has 1 rings (SSSR count). The third-order valence-electron chi connectivity index (χ3n) is 2.68. The minimum Gasteiger partial charge on any atom is -0.316 e. The van der Waals surface area contributed by atoms with Gasteiger partial charge in [0.25, 0.3) is 0 Å². The molecule has 0 saturated heterocycles. The molecule has 3 atom stereocenters. The first kappa shape index (κ1) is 8.06. The molecule has 3 unspecified atom stereocenters. The molecule has 60 valence electrons. The van der Waals surface area contributed by atoms with Crippen molar-refractivity contribution in [2.45, 2.75) is 33.2 Å². The fourth-order valence-corrected chi connectivity index (χ4v) is 1.89. The topological polar surface area (TPSA) is 12.0 Å². The van der Waals surface area contributed by atoms with Crippen LogP contribution >= 0.6 is 0 Å². The molecule has 1 fully saturated rings. The molecule has 0 aromatic carbocycles. The Labute approximate surface area is 64.2 Å². The highest BCUT2D eigenvalue weighted by molar-refractivity contribution is 4.92. The second-order valence-corrected chi connectivity index (χ2v) is 3.94. The minimum absolute atomic E-state index is 0.759. The highest BCUT2D eigenvalue weighted by Crippen LogP contribution is 2.42.